The Morgan fingerprint density at radius 1 is 1.33 bits per heavy atom. The van der Waals surface area contributed by atoms with Gasteiger partial charge in [0.25, 0.3) is 0 Å². The first-order chi connectivity index (χ1) is 9.84. The molecule has 0 heterocycles. The zero-order valence-electron chi connectivity index (χ0n) is 12.9. The molecule has 1 saturated carbocycles. The van der Waals surface area contributed by atoms with Crippen molar-refractivity contribution in [3.8, 4) is 0 Å². The molecular formula is C16H24ClNO2S. The Labute approximate surface area is 133 Å². The second-order valence-electron chi connectivity index (χ2n) is 6.08. The lowest BCUT2D eigenvalue weighted by molar-refractivity contribution is 0.344. The Bertz CT molecular complexity index is 600. The summed E-state index contributed by atoms with van der Waals surface area (Å²) in [6.45, 7) is 5.02. The SMILES string of the molecule is CCC1CCC(NCc2c(Cl)cccc2S(C)(=O)=O)C1C. The molecule has 0 spiro atoms. The van der Waals surface area contributed by atoms with Crippen molar-refractivity contribution in [2.45, 2.75) is 50.6 Å². The summed E-state index contributed by atoms with van der Waals surface area (Å²) in [6.07, 6.45) is 4.84. The third-order valence-corrected chi connectivity index (χ3v) is 6.30. The number of sulfone groups is 1. The van der Waals surface area contributed by atoms with Crippen LogP contribution in [0.4, 0.5) is 0 Å². The number of rotatable bonds is 5. The van der Waals surface area contributed by atoms with Crippen LogP contribution in [0, 0.1) is 11.8 Å². The van der Waals surface area contributed by atoms with Gasteiger partial charge in [-0.15, -0.1) is 0 Å². The topological polar surface area (TPSA) is 46.2 Å². The molecule has 1 aliphatic rings. The number of halogens is 1. The molecular weight excluding hydrogens is 306 g/mol. The van der Waals surface area contributed by atoms with E-state index in [0.717, 1.165) is 12.3 Å². The highest BCUT2D eigenvalue weighted by Gasteiger charge is 2.31. The molecule has 0 saturated heterocycles. The van der Waals surface area contributed by atoms with Crippen molar-refractivity contribution in [3.05, 3.63) is 28.8 Å². The third kappa shape index (κ3) is 3.79. The summed E-state index contributed by atoms with van der Waals surface area (Å²) in [6, 6.07) is 5.51. The molecule has 3 nitrogen and oxygen atoms in total. The molecule has 1 aliphatic carbocycles. The molecule has 3 unspecified atom stereocenters. The van der Waals surface area contributed by atoms with E-state index >= 15 is 0 Å². The van der Waals surface area contributed by atoms with E-state index in [9.17, 15) is 8.42 Å². The molecule has 21 heavy (non-hydrogen) atoms. The van der Waals surface area contributed by atoms with Crippen molar-refractivity contribution in [1.29, 1.82) is 0 Å². The van der Waals surface area contributed by atoms with Crippen molar-refractivity contribution < 1.29 is 8.42 Å². The maximum absolute atomic E-state index is 11.9. The van der Waals surface area contributed by atoms with E-state index in [-0.39, 0.29) is 0 Å². The summed E-state index contributed by atoms with van der Waals surface area (Å²) in [5.41, 5.74) is 0.689. The van der Waals surface area contributed by atoms with E-state index in [2.05, 4.69) is 19.2 Å². The van der Waals surface area contributed by atoms with Crippen LogP contribution in [0.2, 0.25) is 5.02 Å². The van der Waals surface area contributed by atoms with Crippen LogP contribution >= 0.6 is 11.6 Å². The average molecular weight is 330 g/mol. The van der Waals surface area contributed by atoms with Gasteiger partial charge in [-0.1, -0.05) is 37.9 Å². The molecule has 5 heteroatoms. The summed E-state index contributed by atoms with van der Waals surface area (Å²) in [7, 11) is -3.26. The fourth-order valence-electron chi connectivity index (χ4n) is 3.40. The van der Waals surface area contributed by atoms with E-state index in [0.29, 0.717) is 34.0 Å². The van der Waals surface area contributed by atoms with E-state index in [1.807, 2.05) is 0 Å². The molecule has 1 aromatic carbocycles. The predicted octanol–water partition coefficient (Wildman–Crippen LogP) is 3.66. The standard InChI is InChI=1S/C16H24ClNO2S/c1-4-12-8-9-15(11(12)2)18-10-13-14(17)6-5-7-16(13)21(3,19)20/h5-7,11-12,15,18H,4,8-10H2,1-3H3. The van der Waals surface area contributed by atoms with Crippen molar-refractivity contribution in [3.63, 3.8) is 0 Å². The third-order valence-electron chi connectivity index (χ3n) is 4.77. The van der Waals surface area contributed by atoms with Crippen LogP contribution in [-0.2, 0) is 16.4 Å². The Hall–Kier alpha value is -0.580. The highest BCUT2D eigenvalue weighted by atomic mass is 35.5. The smallest absolute Gasteiger partial charge is 0.175 e. The maximum Gasteiger partial charge on any atom is 0.175 e. The van der Waals surface area contributed by atoms with Crippen LogP contribution in [0.5, 0.6) is 0 Å². The summed E-state index contributed by atoms with van der Waals surface area (Å²) < 4.78 is 23.8. The largest absolute Gasteiger partial charge is 0.310 e. The monoisotopic (exact) mass is 329 g/mol. The number of benzene rings is 1. The quantitative estimate of drug-likeness (QED) is 0.896. The molecule has 1 aromatic rings. The number of nitrogens with one attached hydrogen (secondary N) is 1. The minimum atomic E-state index is -3.26. The van der Waals surface area contributed by atoms with Gasteiger partial charge in [0, 0.05) is 29.4 Å². The van der Waals surface area contributed by atoms with Crippen molar-refractivity contribution in [2.24, 2.45) is 11.8 Å². The molecule has 0 radical (unpaired) electrons. The summed E-state index contributed by atoms with van der Waals surface area (Å²) in [5.74, 6) is 1.39. The fraction of sp³-hybridized carbons (Fsp3) is 0.625. The normalized spacial score (nSPS) is 26.2. The van der Waals surface area contributed by atoms with Crippen molar-refractivity contribution in [1.82, 2.24) is 5.32 Å². The van der Waals surface area contributed by atoms with Gasteiger partial charge in [-0.3, -0.25) is 0 Å². The lowest BCUT2D eigenvalue weighted by atomic mass is 9.93. The molecule has 1 fully saturated rings. The van der Waals surface area contributed by atoms with Gasteiger partial charge in [-0.2, -0.15) is 0 Å². The van der Waals surface area contributed by atoms with E-state index in [1.165, 1.54) is 19.1 Å². The average Bonchev–Trinajstić information content (AvgIpc) is 2.76. The molecule has 118 valence electrons. The highest BCUT2D eigenvalue weighted by Crippen LogP contribution is 2.34. The van der Waals surface area contributed by atoms with E-state index in [4.69, 9.17) is 11.6 Å². The number of hydrogen-bond donors (Lipinski definition) is 1. The lowest BCUT2D eigenvalue weighted by Crippen LogP contribution is -2.32. The highest BCUT2D eigenvalue weighted by molar-refractivity contribution is 7.90. The predicted molar refractivity (Wildman–Crippen MR) is 87.4 cm³/mol. The molecule has 3 atom stereocenters. The second-order valence-corrected chi connectivity index (χ2v) is 8.47. The van der Waals surface area contributed by atoms with Gasteiger partial charge in [-0.25, -0.2) is 8.42 Å². The van der Waals surface area contributed by atoms with E-state index < -0.39 is 9.84 Å². The lowest BCUT2D eigenvalue weighted by Gasteiger charge is -2.22. The Balaban J connectivity index is 2.14. The van der Waals surface area contributed by atoms with Gasteiger partial charge in [0.2, 0.25) is 0 Å². The molecule has 0 amide bonds. The van der Waals surface area contributed by atoms with Gasteiger partial charge >= 0.3 is 0 Å². The van der Waals surface area contributed by atoms with Crippen LogP contribution in [0.15, 0.2) is 23.1 Å². The molecule has 2 rings (SSSR count). The summed E-state index contributed by atoms with van der Waals surface area (Å²) in [4.78, 5) is 0.334. The van der Waals surface area contributed by atoms with E-state index in [1.54, 1.807) is 18.2 Å². The Morgan fingerprint density at radius 2 is 2.05 bits per heavy atom. The molecule has 0 bridgehead atoms. The van der Waals surface area contributed by atoms with Crippen LogP contribution < -0.4 is 5.32 Å². The maximum atomic E-state index is 11.9. The van der Waals surface area contributed by atoms with Crippen molar-refractivity contribution >= 4 is 21.4 Å². The first-order valence-electron chi connectivity index (χ1n) is 7.55. The Kier molecular flexibility index (Phi) is 5.33. The fourth-order valence-corrected chi connectivity index (χ4v) is 4.66. The van der Waals surface area contributed by atoms with Crippen LogP contribution in [0.3, 0.4) is 0 Å². The van der Waals surface area contributed by atoms with Gasteiger partial charge < -0.3 is 5.32 Å². The van der Waals surface area contributed by atoms with Crippen LogP contribution in [-0.4, -0.2) is 20.7 Å². The first kappa shape index (κ1) is 16.8. The van der Waals surface area contributed by atoms with Gasteiger partial charge in [0.05, 0.1) is 4.90 Å². The van der Waals surface area contributed by atoms with Crippen LogP contribution in [0.1, 0.15) is 38.7 Å². The molecule has 1 N–H and O–H groups in total. The van der Waals surface area contributed by atoms with Gasteiger partial charge in [0.1, 0.15) is 0 Å². The summed E-state index contributed by atoms with van der Waals surface area (Å²) >= 11 is 6.21. The second kappa shape index (κ2) is 6.67. The van der Waals surface area contributed by atoms with Crippen molar-refractivity contribution in [2.75, 3.05) is 6.26 Å². The number of hydrogen-bond acceptors (Lipinski definition) is 3. The summed E-state index contributed by atoms with van der Waals surface area (Å²) in [5, 5.41) is 4.03. The molecule has 0 aromatic heterocycles. The van der Waals surface area contributed by atoms with Gasteiger partial charge in [-0.05, 0) is 36.8 Å². The zero-order chi connectivity index (χ0) is 15.6. The Morgan fingerprint density at radius 3 is 2.62 bits per heavy atom. The zero-order valence-corrected chi connectivity index (χ0v) is 14.5. The first-order valence-corrected chi connectivity index (χ1v) is 9.82. The van der Waals surface area contributed by atoms with Gasteiger partial charge in [0.15, 0.2) is 9.84 Å². The molecule has 0 aliphatic heterocycles. The minimum Gasteiger partial charge on any atom is -0.310 e. The van der Waals surface area contributed by atoms with Crippen LogP contribution in [0.25, 0.3) is 0 Å². The minimum absolute atomic E-state index is 0.334.